The molecule has 41 heavy (non-hydrogen) atoms. The van der Waals surface area contributed by atoms with Crippen molar-refractivity contribution in [3.05, 3.63) is 138 Å². The molecule has 8 rings (SSSR count). The van der Waals surface area contributed by atoms with Gasteiger partial charge in [-0.05, 0) is 42.1 Å². The minimum atomic E-state index is 0.623. The quantitative estimate of drug-likeness (QED) is 0.232. The number of benzene rings is 5. The van der Waals surface area contributed by atoms with Crippen LogP contribution in [-0.2, 0) is 0 Å². The van der Waals surface area contributed by atoms with E-state index in [1.54, 1.807) is 6.08 Å². The van der Waals surface area contributed by atoms with Gasteiger partial charge in [-0.2, -0.15) is 0 Å². The Morgan fingerprint density at radius 2 is 1.44 bits per heavy atom. The minimum absolute atomic E-state index is 0.623. The van der Waals surface area contributed by atoms with E-state index in [9.17, 15) is 0 Å². The van der Waals surface area contributed by atoms with Gasteiger partial charge in [-0.3, -0.25) is 4.90 Å². The Morgan fingerprint density at radius 1 is 0.732 bits per heavy atom. The lowest BCUT2D eigenvalue weighted by atomic mass is 9.91. The number of para-hydroxylation sites is 3. The van der Waals surface area contributed by atoms with Crippen LogP contribution in [0.5, 0.6) is 0 Å². The monoisotopic (exact) mass is 527 g/mol. The molecule has 5 aromatic carbocycles. The van der Waals surface area contributed by atoms with E-state index in [2.05, 4.69) is 97.3 Å². The lowest BCUT2D eigenvalue weighted by Gasteiger charge is -2.32. The number of anilines is 3. The Balaban J connectivity index is 1.48. The summed E-state index contributed by atoms with van der Waals surface area (Å²) < 4.78 is 6.46. The molecule has 0 radical (unpaired) electrons. The van der Waals surface area contributed by atoms with E-state index in [0.717, 1.165) is 60.7 Å². The van der Waals surface area contributed by atoms with Crippen LogP contribution in [-0.4, -0.2) is 9.97 Å². The van der Waals surface area contributed by atoms with Crippen molar-refractivity contribution in [3.8, 4) is 11.1 Å². The standard InChI is InChI=1S/C37H25N3O/c1-3-12-28-26-16-6-9-22-33(26)41-36(28)23(2)35-29-17-4-7-19-30(29)38-37(39-35)40-31-20-8-5-15-25(31)27-18-10-13-24-14-11-21-32(40)34(24)27/h3-22H,1H2,2H3/b28-12-,36-23-. The van der Waals surface area contributed by atoms with Crippen molar-refractivity contribution in [1.29, 1.82) is 0 Å². The van der Waals surface area contributed by atoms with E-state index in [-0.39, 0.29) is 0 Å². The highest BCUT2D eigenvalue weighted by Crippen LogP contribution is 2.50. The molecule has 2 aromatic heterocycles. The topological polar surface area (TPSA) is 42.2 Å². The number of allylic oxidation sites excluding steroid dienone is 1. The summed E-state index contributed by atoms with van der Waals surface area (Å²) in [4.78, 5) is 12.6. The van der Waals surface area contributed by atoms with Crippen molar-refractivity contribution in [3.63, 3.8) is 0 Å². The molecule has 194 valence electrons. The normalized spacial score (nSPS) is 13.6. The van der Waals surface area contributed by atoms with Gasteiger partial charge in [-0.1, -0.05) is 104 Å². The fraction of sp³-hybridized carbons (Fsp3) is 0.0270. The molecule has 4 nitrogen and oxygen atoms in total. The molecule has 0 unspecified atom stereocenters. The average molecular weight is 528 g/mol. The minimum Gasteiger partial charge on any atom is -0.456 e. The molecule has 0 saturated heterocycles. The second-order valence-electron chi connectivity index (χ2n) is 10.3. The third kappa shape index (κ3) is 3.47. The smallest absolute Gasteiger partial charge is 0.235 e. The van der Waals surface area contributed by atoms with Crippen LogP contribution >= 0.6 is 0 Å². The summed E-state index contributed by atoms with van der Waals surface area (Å²) in [6.07, 6.45) is 3.81. The Hall–Kier alpha value is -5.48. The van der Waals surface area contributed by atoms with Crippen molar-refractivity contribution in [2.75, 3.05) is 4.90 Å². The van der Waals surface area contributed by atoms with Crippen LogP contribution < -0.4 is 15.5 Å². The molecule has 4 heteroatoms. The summed E-state index contributed by atoms with van der Waals surface area (Å²) in [7, 11) is 0. The van der Waals surface area contributed by atoms with Crippen LogP contribution in [0.3, 0.4) is 0 Å². The van der Waals surface area contributed by atoms with Gasteiger partial charge in [0.05, 0.1) is 22.6 Å². The number of furan rings is 1. The molecule has 0 atom stereocenters. The predicted molar refractivity (Wildman–Crippen MR) is 169 cm³/mol. The first-order valence-electron chi connectivity index (χ1n) is 13.7. The van der Waals surface area contributed by atoms with E-state index in [1.165, 1.54) is 16.3 Å². The van der Waals surface area contributed by atoms with Crippen molar-refractivity contribution in [2.24, 2.45) is 0 Å². The fourth-order valence-corrected chi connectivity index (χ4v) is 6.16. The first kappa shape index (κ1) is 23.4. The summed E-state index contributed by atoms with van der Waals surface area (Å²) in [5.41, 5.74) is 8.79. The zero-order valence-electron chi connectivity index (χ0n) is 22.5. The summed E-state index contributed by atoms with van der Waals surface area (Å²) in [5, 5.41) is 5.42. The molecule has 7 aromatic rings. The number of nitrogens with zero attached hydrogens (tertiary/aromatic N) is 3. The van der Waals surface area contributed by atoms with Gasteiger partial charge in [0.25, 0.3) is 0 Å². The first-order valence-corrected chi connectivity index (χ1v) is 13.7. The Kier molecular flexibility index (Phi) is 5.16. The number of rotatable bonds is 3. The molecule has 0 spiro atoms. The zero-order chi connectivity index (χ0) is 27.5. The fourth-order valence-electron chi connectivity index (χ4n) is 6.16. The highest BCUT2D eigenvalue weighted by Gasteiger charge is 2.28. The second-order valence-corrected chi connectivity index (χ2v) is 10.3. The van der Waals surface area contributed by atoms with E-state index in [0.29, 0.717) is 5.95 Å². The molecule has 0 bridgehead atoms. The molecule has 1 aliphatic heterocycles. The number of fused-ring (bicyclic) bond motifs is 4. The summed E-state index contributed by atoms with van der Waals surface area (Å²) in [6, 6.07) is 37.7. The van der Waals surface area contributed by atoms with Gasteiger partial charge in [-0.15, -0.1) is 0 Å². The van der Waals surface area contributed by atoms with Crippen LogP contribution in [0.1, 0.15) is 12.6 Å². The van der Waals surface area contributed by atoms with Gasteiger partial charge in [0.1, 0.15) is 11.0 Å². The lowest BCUT2D eigenvalue weighted by Crippen LogP contribution is -2.24. The maximum absolute atomic E-state index is 6.46. The third-order valence-electron chi connectivity index (χ3n) is 7.96. The number of hydrogen-bond donors (Lipinski definition) is 0. The van der Waals surface area contributed by atoms with Gasteiger partial charge in [0.2, 0.25) is 5.95 Å². The predicted octanol–water partition coefficient (Wildman–Crippen LogP) is 8.16. The van der Waals surface area contributed by atoms with E-state index < -0.39 is 0 Å². The second kappa shape index (κ2) is 9.04. The largest absolute Gasteiger partial charge is 0.456 e. The van der Waals surface area contributed by atoms with Crippen molar-refractivity contribution >= 4 is 61.6 Å². The molecule has 0 aliphatic carbocycles. The summed E-state index contributed by atoms with van der Waals surface area (Å²) in [6.45, 7) is 6.04. The molecule has 0 saturated carbocycles. The van der Waals surface area contributed by atoms with Gasteiger partial charge >= 0.3 is 0 Å². The first-order chi connectivity index (χ1) is 20.2. The van der Waals surface area contributed by atoms with Crippen molar-refractivity contribution < 1.29 is 4.42 Å². The van der Waals surface area contributed by atoms with Gasteiger partial charge in [0, 0.05) is 32.5 Å². The van der Waals surface area contributed by atoms with E-state index in [1.807, 2.05) is 36.4 Å². The van der Waals surface area contributed by atoms with Crippen LogP contribution in [0.15, 0.2) is 126 Å². The van der Waals surface area contributed by atoms with E-state index in [4.69, 9.17) is 14.4 Å². The van der Waals surface area contributed by atoms with Crippen LogP contribution in [0, 0.1) is 0 Å². The molecule has 0 N–H and O–H groups in total. The average Bonchev–Trinajstić information content (AvgIpc) is 3.39. The van der Waals surface area contributed by atoms with Gasteiger partial charge < -0.3 is 4.42 Å². The van der Waals surface area contributed by atoms with Crippen molar-refractivity contribution in [2.45, 2.75) is 6.92 Å². The van der Waals surface area contributed by atoms with Crippen LogP contribution in [0.4, 0.5) is 17.3 Å². The highest BCUT2D eigenvalue weighted by atomic mass is 16.3. The van der Waals surface area contributed by atoms with E-state index >= 15 is 0 Å². The third-order valence-corrected chi connectivity index (χ3v) is 7.96. The number of aromatic nitrogens is 2. The SMILES string of the molecule is C=C/C=c1\c(=C(/C)c2nc(N3c4ccccc4-c4cccc5cccc3c45)nc3ccccc23)oc2ccccc12. The molecular formula is C37H25N3O. The molecule has 1 aliphatic rings. The van der Waals surface area contributed by atoms with Crippen LogP contribution in [0.25, 0.3) is 55.4 Å². The van der Waals surface area contributed by atoms with Gasteiger partial charge in [0.15, 0.2) is 0 Å². The highest BCUT2D eigenvalue weighted by molar-refractivity contribution is 6.13. The maximum atomic E-state index is 6.46. The molecular weight excluding hydrogens is 502 g/mol. The molecule has 0 amide bonds. The maximum Gasteiger partial charge on any atom is 0.235 e. The van der Waals surface area contributed by atoms with Gasteiger partial charge in [-0.25, -0.2) is 9.97 Å². The lowest BCUT2D eigenvalue weighted by molar-refractivity contribution is 0.572. The summed E-state index contributed by atoms with van der Waals surface area (Å²) >= 11 is 0. The van der Waals surface area contributed by atoms with Crippen LogP contribution in [0.2, 0.25) is 0 Å². The number of hydrogen-bond acceptors (Lipinski definition) is 4. The summed E-state index contributed by atoms with van der Waals surface area (Å²) in [5.74, 6) is 0.623. The zero-order valence-corrected chi connectivity index (χ0v) is 22.5. The van der Waals surface area contributed by atoms with Crippen molar-refractivity contribution in [1.82, 2.24) is 9.97 Å². The Morgan fingerprint density at radius 3 is 2.32 bits per heavy atom. The molecule has 0 fully saturated rings. The molecule has 3 heterocycles. The Labute approximate surface area is 236 Å². The Bertz CT molecular complexity index is 2310.